The van der Waals surface area contributed by atoms with Gasteiger partial charge < -0.3 is 29.2 Å². The van der Waals surface area contributed by atoms with Crippen LogP contribution in [0.3, 0.4) is 0 Å². The maximum Gasteiger partial charge on any atom is 0.254 e. The summed E-state index contributed by atoms with van der Waals surface area (Å²) in [5.41, 5.74) is 1.35. The predicted octanol–water partition coefficient (Wildman–Crippen LogP) is 3.41. The molecule has 4 rings (SSSR count). The molecule has 9 heteroatoms. The van der Waals surface area contributed by atoms with Crippen LogP contribution in [0.2, 0.25) is 0 Å². The van der Waals surface area contributed by atoms with Crippen LogP contribution in [-0.2, 0) is 0 Å². The van der Waals surface area contributed by atoms with Crippen LogP contribution in [0.5, 0.6) is 23.1 Å². The molecular weight excluding hydrogens is 453 g/mol. The first-order chi connectivity index (χ1) is 16.9. The molecule has 3 aromatic rings. The number of rotatable bonds is 9. The Hall–Kier alpha value is -3.85. The number of ether oxygens (including phenoxy) is 4. The number of likely N-dealkylation sites (N-methyl/N-ethyl adjacent to an activating group) is 1. The zero-order valence-corrected chi connectivity index (χ0v) is 19.9. The van der Waals surface area contributed by atoms with Gasteiger partial charge in [0.1, 0.15) is 30.9 Å². The molecule has 1 unspecified atom stereocenters. The monoisotopic (exact) mass is 481 g/mol. The number of nitrogens with one attached hydrogen (secondary N) is 1. The van der Waals surface area contributed by atoms with E-state index in [9.17, 15) is 9.18 Å². The zero-order chi connectivity index (χ0) is 24.8. The highest BCUT2D eigenvalue weighted by atomic mass is 19.1. The van der Waals surface area contributed by atoms with E-state index in [0.717, 1.165) is 5.56 Å². The van der Waals surface area contributed by atoms with E-state index in [2.05, 4.69) is 10.3 Å². The van der Waals surface area contributed by atoms with Crippen LogP contribution >= 0.6 is 0 Å². The molecule has 1 aromatic heterocycles. The molecule has 8 nitrogen and oxygen atoms in total. The normalized spacial score (nSPS) is 14.5. The third kappa shape index (κ3) is 5.99. The molecule has 0 saturated carbocycles. The first kappa shape index (κ1) is 24.3. The minimum Gasteiger partial charge on any atom is -0.492 e. The van der Waals surface area contributed by atoms with E-state index >= 15 is 0 Å². The van der Waals surface area contributed by atoms with Gasteiger partial charge in [-0.15, -0.1) is 0 Å². The number of amides is 1. The Morgan fingerprint density at radius 1 is 1.20 bits per heavy atom. The number of carbonyl (C=O) groups is 1. The summed E-state index contributed by atoms with van der Waals surface area (Å²) in [6.07, 6.45) is -0.463. The van der Waals surface area contributed by atoms with Gasteiger partial charge in [0.15, 0.2) is 11.5 Å². The van der Waals surface area contributed by atoms with Crippen LogP contribution in [0.4, 0.5) is 4.39 Å². The zero-order valence-electron chi connectivity index (χ0n) is 19.9. The molecule has 0 radical (unpaired) electrons. The number of benzene rings is 2. The Morgan fingerprint density at radius 3 is 2.80 bits per heavy atom. The molecule has 184 valence electrons. The Morgan fingerprint density at radius 2 is 2.03 bits per heavy atom. The van der Waals surface area contributed by atoms with Crippen LogP contribution < -0.4 is 24.3 Å². The number of hydrogen-bond acceptors (Lipinski definition) is 7. The first-order valence-corrected chi connectivity index (χ1v) is 11.2. The highest BCUT2D eigenvalue weighted by Gasteiger charge is 2.25. The number of methoxy groups -OCH3 is 1. The van der Waals surface area contributed by atoms with Crippen molar-refractivity contribution in [3.8, 4) is 34.4 Å². The number of nitrogens with zero attached hydrogens (tertiary/aromatic N) is 2. The second kappa shape index (κ2) is 11.1. The summed E-state index contributed by atoms with van der Waals surface area (Å²) in [7, 11) is 5.40. The van der Waals surface area contributed by atoms with E-state index in [0.29, 0.717) is 42.0 Å². The lowest BCUT2D eigenvalue weighted by atomic mass is 10.1. The molecule has 0 saturated heterocycles. The molecule has 2 heterocycles. The molecule has 1 aliphatic rings. The molecule has 35 heavy (non-hydrogen) atoms. The van der Waals surface area contributed by atoms with Crippen molar-refractivity contribution in [3.05, 3.63) is 66.0 Å². The Labute approximate surface area is 203 Å². The maximum absolute atomic E-state index is 14.5. The second-order valence-corrected chi connectivity index (χ2v) is 8.25. The summed E-state index contributed by atoms with van der Waals surface area (Å²) in [5, 5.41) is 2.73. The van der Waals surface area contributed by atoms with Crippen LogP contribution in [-0.4, -0.2) is 69.4 Å². The van der Waals surface area contributed by atoms with Gasteiger partial charge in [-0.2, -0.15) is 0 Å². The molecule has 0 fully saturated rings. The molecule has 0 aliphatic carbocycles. The summed E-state index contributed by atoms with van der Waals surface area (Å²) in [6.45, 7) is 1.50. The van der Waals surface area contributed by atoms with Crippen LogP contribution in [0.1, 0.15) is 10.4 Å². The van der Waals surface area contributed by atoms with Gasteiger partial charge in [-0.1, -0.05) is 12.1 Å². The van der Waals surface area contributed by atoms with Gasteiger partial charge in [0, 0.05) is 24.2 Å². The number of hydrogen-bond donors (Lipinski definition) is 1. The van der Waals surface area contributed by atoms with E-state index < -0.39 is 17.8 Å². The average molecular weight is 482 g/mol. The lowest BCUT2D eigenvalue weighted by molar-refractivity contribution is 0.0790. The number of aromatic nitrogens is 1. The lowest BCUT2D eigenvalue weighted by Crippen LogP contribution is -2.41. The molecule has 0 spiro atoms. The van der Waals surface area contributed by atoms with Crippen molar-refractivity contribution >= 4 is 5.91 Å². The quantitative estimate of drug-likeness (QED) is 0.502. The smallest absolute Gasteiger partial charge is 0.254 e. The third-order valence-corrected chi connectivity index (χ3v) is 5.38. The van der Waals surface area contributed by atoms with Crippen molar-refractivity contribution in [1.82, 2.24) is 15.2 Å². The number of pyridine rings is 1. The van der Waals surface area contributed by atoms with E-state index in [1.54, 1.807) is 19.2 Å². The molecule has 2 aromatic carbocycles. The molecule has 1 N–H and O–H groups in total. The van der Waals surface area contributed by atoms with Crippen LogP contribution in [0.25, 0.3) is 11.3 Å². The van der Waals surface area contributed by atoms with Crippen molar-refractivity contribution in [3.63, 3.8) is 0 Å². The molecule has 1 aliphatic heterocycles. The summed E-state index contributed by atoms with van der Waals surface area (Å²) in [6, 6.07) is 15.2. The standard InChI is InChI=1S/C26H28FN3O5/c1-30(2)12-13-33-17-10-11-19(21(27)14-17)26(31)28-15-18-16-34-23-8-4-6-20(25(23)35-18)22-7-5-9-24(29-22)32-3/h4-11,14,18H,12-13,15-16H2,1-3H3,(H,28,31). The maximum atomic E-state index is 14.5. The van der Waals surface area contributed by atoms with Gasteiger partial charge in [0.05, 0.1) is 24.9 Å². The van der Waals surface area contributed by atoms with E-state index in [4.69, 9.17) is 18.9 Å². The van der Waals surface area contributed by atoms with Crippen molar-refractivity contribution in [2.75, 3.05) is 47.5 Å². The fraction of sp³-hybridized carbons (Fsp3) is 0.308. The Kier molecular flexibility index (Phi) is 7.67. The molecule has 1 amide bonds. The number of para-hydroxylation sites is 1. The van der Waals surface area contributed by atoms with Crippen molar-refractivity contribution < 1.29 is 28.1 Å². The van der Waals surface area contributed by atoms with Gasteiger partial charge in [0.2, 0.25) is 5.88 Å². The van der Waals surface area contributed by atoms with Gasteiger partial charge in [-0.05, 0) is 44.4 Å². The van der Waals surface area contributed by atoms with Crippen molar-refractivity contribution in [1.29, 1.82) is 0 Å². The SMILES string of the molecule is COc1cccc(-c2cccc3c2OC(CNC(=O)c2ccc(OCCN(C)C)cc2F)CO3)n1. The molecular formula is C26H28FN3O5. The van der Waals surface area contributed by atoms with E-state index in [1.807, 2.05) is 49.3 Å². The van der Waals surface area contributed by atoms with Gasteiger partial charge in [0.25, 0.3) is 5.91 Å². The number of carbonyl (C=O) groups excluding carboxylic acids is 1. The summed E-state index contributed by atoms with van der Waals surface area (Å²) >= 11 is 0. The fourth-order valence-electron chi connectivity index (χ4n) is 3.53. The lowest BCUT2D eigenvalue weighted by Gasteiger charge is -2.28. The van der Waals surface area contributed by atoms with Crippen LogP contribution in [0.15, 0.2) is 54.6 Å². The van der Waals surface area contributed by atoms with Gasteiger partial charge in [-0.3, -0.25) is 4.79 Å². The Bertz CT molecular complexity index is 1190. The van der Waals surface area contributed by atoms with Gasteiger partial charge in [-0.25, -0.2) is 9.37 Å². The summed E-state index contributed by atoms with van der Waals surface area (Å²) in [5.74, 6) is 0.786. The fourth-order valence-corrected chi connectivity index (χ4v) is 3.53. The number of halogens is 1. The van der Waals surface area contributed by atoms with E-state index in [-0.39, 0.29) is 18.7 Å². The van der Waals surface area contributed by atoms with Gasteiger partial charge >= 0.3 is 0 Å². The minimum absolute atomic E-state index is 0.0663. The minimum atomic E-state index is -0.651. The molecule has 0 bridgehead atoms. The largest absolute Gasteiger partial charge is 0.492 e. The summed E-state index contributed by atoms with van der Waals surface area (Å²) in [4.78, 5) is 19.0. The van der Waals surface area contributed by atoms with Crippen molar-refractivity contribution in [2.45, 2.75) is 6.10 Å². The highest BCUT2D eigenvalue weighted by Crippen LogP contribution is 2.40. The topological polar surface area (TPSA) is 82.2 Å². The number of fused-ring (bicyclic) bond motifs is 1. The Balaban J connectivity index is 1.40. The first-order valence-electron chi connectivity index (χ1n) is 11.2. The third-order valence-electron chi connectivity index (χ3n) is 5.38. The second-order valence-electron chi connectivity index (χ2n) is 8.25. The predicted molar refractivity (Wildman–Crippen MR) is 129 cm³/mol. The van der Waals surface area contributed by atoms with Crippen molar-refractivity contribution in [2.24, 2.45) is 0 Å². The van der Waals surface area contributed by atoms with E-state index in [1.165, 1.54) is 12.1 Å². The highest BCUT2D eigenvalue weighted by molar-refractivity contribution is 5.94. The van der Waals surface area contributed by atoms with Crippen LogP contribution in [0, 0.1) is 5.82 Å². The average Bonchev–Trinajstić information content (AvgIpc) is 2.86. The summed E-state index contributed by atoms with van der Waals surface area (Å²) < 4.78 is 37.3. The molecule has 1 atom stereocenters.